The van der Waals surface area contributed by atoms with Gasteiger partial charge in [0.05, 0.1) is 12.2 Å². The molecule has 0 aliphatic heterocycles. The SMILES string of the molecule is Cc1ncc(CO)c(Oc2ccc(C)c(C)c2)n1. The molecule has 0 amide bonds. The van der Waals surface area contributed by atoms with E-state index in [1.54, 1.807) is 13.1 Å². The zero-order chi connectivity index (χ0) is 13.1. The molecule has 1 aromatic heterocycles. The number of hydrogen-bond acceptors (Lipinski definition) is 4. The van der Waals surface area contributed by atoms with Crippen molar-refractivity contribution >= 4 is 0 Å². The smallest absolute Gasteiger partial charge is 0.228 e. The predicted octanol–water partition coefficient (Wildman–Crippen LogP) is 2.69. The summed E-state index contributed by atoms with van der Waals surface area (Å²) in [7, 11) is 0. The van der Waals surface area contributed by atoms with E-state index < -0.39 is 0 Å². The first-order valence-corrected chi connectivity index (χ1v) is 5.78. The molecule has 1 heterocycles. The van der Waals surface area contributed by atoms with Gasteiger partial charge < -0.3 is 9.84 Å². The monoisotopic (exact) mass is 244 g/mol. The molecule has 0 aliphatic carbocycles. The Morgan fingerprint density at radius 2 is 1.94 bits per heavy atom. The van der Waals surface area contributed by atoms with Gasteiger partial charge in [0.25, 0.3) is 0 Å². The molecular formula is C14H16N2O2. The van der Waals surface area contributed by atoms with E-state index in [-0.39, 0.29) is 6.61 Å². The van der Waals surface area contributed by atoms with Crippen molar-refractivity contribution in [3.05, 3.63) is 46.9 Å². The second-order valence-electron chi connectivity index (χ2n) is 4.25. The quantitative estimate of drug-likeness (QED) is 0.901. The van der Waals surface area contributed by atoms with E-state index in [9.17, 15) is 5.11 Å². The predicted molar refractivity (Wildman–Crippen MR) is 68.7 cm³/mol. The van der Waals surface area contributed by atoms with Crippen LogP contribution in [0.15, 0.2) is 24.4 Å². The van der Waals surface area contributed by atoms with Crippen molar-refractivity contribution in [1.29, 1.82) is 0 Å². The molecule has 0 spiro atoms. The van der Waals surface area contributed by atoms with Crippen LogP contribution in [0.3, 0.4) is 0 Å². The molecule has 0 aliphatic rings. The zero-order valence-corrected chi connectivity index (χ0v) is 10.8. The molecule has 94 valence electrons. The lowest BCUT2D eigenvalue weighted by atomic mass is 10.1. The summed E-state index contributed by atoms with van der Waals surface area (Å²) >= 11 is 0. The topological polar surface area (TPSA) is 55.2 Å². The number of rotatable bonds is 3. The largest absolute Gasteiger partial charge is 0.439 e. The third-order valence-electron chi connectivity index (χ3n) is 2.81. The van der Waals surface area contributed by atoms with E-state index in [0.29, 0.717) is 23.0 Å². The minimum Gasteiger partial charge on any atom is -0.439 e. The van der Waals surface area contributed by atoms with Crippen molar-refractivity contribution in [1.82, 2.24) is 9.97 Å². The Hall–Kier alpha value is -1.94. The van der Waals surface area contributed by atoms with Crippen LogP contribution in [-0.2, 0) is 6.61 Å². The molecule has 2 aromatic rings. The van der Waals surface area contributed by atoms with E-state index >= 15 is 0 Å². The Morgan fingerprint density at radius 1 is 1.17 bits per heavy atom. The van der Waals surface area contributed by atoms with Crippen molar-refractivity contribution < 1.29 is 9.84 Å². The van der Waals surface area contributed by atoms with E-state index in [1.807, 2.05) is 32.0 Å². The molecule has 4 nitrogen and oxygen atoms in total. The normalized spacial score (nSPS) is 10.4. The molecule has 1 aromatic carbocycles. The summed E-state index contributed by atoms with van der Waals surface area (Å²) in [6.07, 6.45) is 1.58. The van der Waals surface area contributed by atoms with Gasteiger partial charge in [-0.25, -0.2) is 4.98 Å². The van der Waals surface area contributed by atoms with Crippen LogP contribution in [0.4, 0.5) is 0 Å². The first-order chi connectivity index (χ1) is 8.60. The number of aromatic nitrogens is 2. The summed E-state index contributed by atoms with van der Waals surface area (Å²) < 4.78 is 5.71. The Morgan fingerprint density at radius 3 is 2.61 bits per heavy atom. The number of aliphatic hydroxyl groups is 1. The van der Waals surface area contributed by atoms with Crippen LogP contribution in [0.1, 0.15) is 22.5 Å². The van der Waals surface area contributed by atoms with Crippen LogP contribution < -0.4 is 4.74 Å². The summed E-state index contributed by atoms with van der Waals surface area (Å²) in [6.45, 7) is 5.72. The Bertz CT molecular complexity index is 568. The lowest BCUT2D eigenvalue weighted by molar-refractivity contribution is 0.274. The molecule has 2 rings (SSSR count). The van der Waals surface area contributed by atoms with Crippen LogP contribution in [-0.4, -0.2) is 15.1 Å². The second kappa shape index (κ2) is 5.14. The maximum Gasteiger partial charge on any atom is 0.228 e. The number of aliphatic hydroxyl groups excluding tert-OH is 1. The maximum atomic E-state index is 9.23. The van der Waals surface area contributed by atoms with Crippen LogP contribution in [0.25, 0.3) is 0 Å². The number of aryl methyl sites for hydroxylation is 3. The molecule has 0 unspecified atom stereocenters. The highest BCUT2D eigenvalue weighted by molar-refractivity contribution is 5.37. The highest BCUT2D eigenvalue weighted by Crippen LogP contribution is 2.24. The summed E-state index contributed by atoms with van der Waals surface area (Å²) in [6, 6.07) is 5.84. The third kappa shape index (κ3) is 2.65. The molecule has 1 N–H and O–H groups in total. The van der Waals surface area contributed by atoms with Crippen molar-refractivity contribution in [3.63, 3.8) is 0 Å². The van der Waals surface area contributed by atoms with Crippen molar-refractivity contribution in [3.8, 4) is 11.6 Å². The van der Waals surface area contributed by atoms with Crippen LogP contribution in [0, 0.1) is 20.8 Å². The highest BCUT2D eigenvalue weighted by Gasteiger charge is 2.08. The molecular weight excluding hydrogens is 228 g/mol. The minimum absolute atomic E-state index is 0.138. The fourth-order valence-electron chi connectivity index (χ4n) is 1.56. The standard InChI is InChI=1S/C14H16N2O2/c1-9-4-5-13(6-10(9)2)18-14-12(8-17)7-15-11(3)16-14/h4-7,17H,8H2,1-3H3. The Kier molecular flexibility index (Phi) is 3.58. The molecule has 0 saturated heterocycles. The van der Waals surface area contributed by atoms with E-state index in [4.69, 9.17) is 4.74 Å². The van der Waals surface area contributed by atoms with Gasteiger partial charge >= 0.3 is 0 Å². The van der Waals surface area contributed by atoms with Gasteiger partial charge in [0, 0.05) is 6.20 Å². The van der Waals surface area contributed by atoms with Crippen LogP contribution in [0.2, 0.25) is 0 Å². The number of hydrogen-bond donors (Lipinski definition) is 1. The van der Waals surface area contributed by atoms with Crippen LogP contribution in [0.5, 0.6) is 11.6 Å². The number of ether oxygens (including phenoxy) is 1. The van der Waals surface area contributed by atoms with Crippen LogP contribution >= 0.6 is 0 Å². The summed E-state index contributed by atoms with van der Waals surface area (Å²) in [4.78, 5) is 8.23. The Balaban J connectivity index is 2.33. The number of benzene rings is 1. The van der Waals surface area contributed by atoms with E-state index in [2.05, 4.69) is 9.97 Å². The highest BCUT2D eigenvalue weighted by atomic mass is 16.5. The van der Waals surface area contributed by atoms with Crippen molar-refractivity contribution in [2.75, 3.05) is 0 Å². The van der Waals surface area contributed by atoms with Gasteiger partial charge in [0.15, 0.2) is 0 Å². The summed E-state index contributed by atoms with van der Waals surface area (Å²) in [5, 5.41) is 9.23. The molecule has 0 saturated carbocycles. The summed E-state index contributed by atoms with van der Waals surface area (Å²) in [5.41, 5.74) is 2.95. The number of nitrogens with zero attached hydrogens (tertiary/aromatic N) is 2. The Labute approximate surface area is 106 Å². The van der Waals surface area contributed by atoms with Gasteiger partial charge in [0.2, 0.25) is 5.88 Å². The fraction of sp³-hybridized carbons (Fsp3) is 0.286. The third-order valence-corrected chi connectivity index (χ3v) is 2.81. The van der Waals surface area contributed by atoms with Gasteiger partial charge in [-0.1, -0.05) is 6.07 Å². The molecule has 18 heavy (non-hydrogen) atoms. The first kappa shape index (κ1) is 12.5. The van der Waals surface area contributed by atoms with E-state index in [0.717, 1.165) is 5.56 Å². The molecule has 0 bridgehead atoms. The van der Waals surface area contributed by atoms with Gasteiger partial charge in [-0.2, -0.15) is 4.98 Å². The molecule has 0 atom stereocenters. The average molecular weight is 244 g/mol. The van der Waals surface area contributed by atoms with E-state index in [1.165, 1.54) is 5.56 Å². The van der Waals surface area contributed by atoms with Crippen molar-refractivity contribution in [2.45, 2.75) is 27.4 Å². The van der Waals surface area contributed by atoms with Gasteiger partial charge in [0.1, 0.15) is 11.6 Å². The van der Waals surface area contributed by atoms with Gasteiger partial charge in [-0.3, -0.25) is 0 Å². The van der Waals surface area contributed by atoms with Gasteiger partial charge in [-0.15, -0.1) is 0 Å². The minimum atomic E-state index is -0.138. The molecule has 4 heteroatoms. The van der Waals surface area contributed by atoms with Crippen molar-refractivity contribution in [2.24, 2.45) is 0 Å². The molecule has 0 radical (unpaired) electrons. The lowest BCUT2D eigenvalue weighted by Crippen LogP contribution is -1.99. The maximum absolute atomic E-state index is 9.23. The average Bonchev–Trinajstić information content (AvgIpc) is 2.34. The second-order valence-corrected chi connectivity index (χ2v) is 4.25. The van der Waals surface area contributed by atoms with Gasteiger partial charge in [-0.05, 0) is 44.0 Å². The molecule has 0 fully saturated rings. The lowest BCUT2D eigenvalue weighted by Gasteiger charge is -2.10. The zero-order valence-electron chi connectivity index (χ0n) is 10.8. The fourth-order valence-corrected chi connectivity index (χ4v) is 1.56. The summed E-state index contributed by atoms with van der Waals surface area (Å²) in [5.74, 6) is 1.74. The first-order valence-electron chi connectivity index (χ1n) is 5.78.